The number of hydrogen-bond acceptors (Lipinski definition) is 3. The number of rotatable bonds is 5. The number of nitrogens with zero attached hydrogens (tertiary/aromatic N) is 1. The van der Waals surface area contributed by atoms with E-state index in [1.165, 1.54) is 0 Å². The minimum atomic E-state index is -1.29. The number of urea groups is 1. The Balaban J connectivity index is 1.83. The molecule has 6 heteroatoms. The third-order valence-electron chi connectivity index (χ3n) is 4.67. The van der Waals surface area contributed by atoms with Gasteiger partial charge in [-0.05, 0) is 25.0 Å². The van der Waals surface area contributed by atoms with Gasteiger partial charge in [0.05, 0.1) is 6.54 Å². The molecule has 1 aliphatic heterocycles. The first-order chi connectivity index (χ1) is 12.4. The van der Waals surface area contributed by atoms with Gasteiger partial charge in [0.15, 0.2) is 5.78 Å². The summed E-state index contributed by atoms with van der Waals surface area (Å²) in [7, 11) is 0. The molecule has 3 rings (SSSR count). The van der Waals surface area contributed by atoms with Gasteiger partial charge in [-0.3, -0.25) is 14.5 Å². The van der Waals surface area contributed by atoms with Gasteiger partial charge in [-0.15, -0.1) is 0 Å². The predicted octanol–water partition coefficient (Wildman–Crippen LogP) is 3.55. The molecule has 134 valence electrons. The summed E-state index contributed by atoms with van der Waals surface area (Å²) in [5.74, 6) is -0.784. The van der Waals surface area contributed by atoms with Gasteiger partial charge in [0.25, 0.3) is 5.91 Å². The van der Waals surface area contributed by atoms with Crippen LogP contribution in [-0.2, 0) is 16.8 Å². The Morgan fingerprint density at radius 1 is 1.12 bits per heavy atom. The summed E-state index contributed by atoms with van der Waals surface area (Å²) in [5, 5.41) is 3.04. The van der Waals surface area contributed by atoms with E-state index in [0.29, 0.717) is 16.1 Å². The SMILES string of the molecule is CCc1ccc(C(=O)CN2C(=O)N[C@@](C)(c3ccccc3Cl)C2=O)cc1. The molecule has 2 aromatic rings. The van der Waals surface area contributed by atoms with Crippen molar-refractivity contribution in [1.29, 1.82) is 0 Å². The second kappa shape index (κ2) is 6.92. The number of carbonyl (C=O) groups is 3. The fraction of sp³-hybridized carbons (Fsp3) is 0.250. The van der Waals surface area contributed by atoms with Crippen molar-refractivity contribution in [2.75, 3.05) is 6.54 Å². The van der Waals surface area contributed by atoms with Crippen molar-refractivity contribution >= 4 is 29.3 Å². The first kappa shape index (κ1) is 18.1. The van der Waals surface area contributed by atoms with Crippen LogP contribution < -0.4 is 5.32 Å². The molecule has 0 spiro atoms. The number of Topliss-reactive ketones (excluding diaryl/α,β-unsaturated/α-hetero) is 1. The molecule has 1 heterocycles. The van der Waals surface area contributed by atoms with Crippen molar-refractivity contribution in [3.8, 4) is 0 Å². The highest BCUT2D eigenvalue weighted by Crippen LogP contribution is 2.33. The summed E-state index contributed by atoms with van der Waals surface area (Å²) in [5.41, 5.74) is 0.793. The van der Waals surface area contributed by atoms with Gasteiger partial charge in [0.1, 0.15) is 5.54 Å². The summed E-state index contributed by atoms with van der Waals surface area (Å²) < 4.78 is 0. The van der Waals surface area contributed by atoms with Crippen molar-refractivity contribution in [3.05, 3.63) is 70.2 Å². The Morgan fingerprint density at radius 2 is 1.77 bits per heavy atom. The Labute approximate surface area is 156 Å². The van der Waals surface area contributed by atoms with Crippen LogP contribution in [0.4, 0.5) is 4.79 Å². The first-order valence-electron chi connectivity index (χ1n) is 8.38. The monoisotopic (exact) mass is 370 g/mol. The van der Waals surface area contributed by atoms with Crippen LogP contribution in [0.1, 0.15) is 35.3 Å². The zero-order valence-corrected chi connectivity index (χ0v) is 15.3. The molecule has 1 aliphatic rings. The molecule has 1 fully saturated rings. The molecule has 1 atom stereocenters. The maximum absolute atomic E-state index is 12.9. The molecule has 0 saturated carbocycles. The van der Waals surface area contributed by atoms with Gasteiger partial charge < -0.3 is 5.32 Å². The third kappa shape index (κ3) is 3.10. The molecular formula is C20H19ClN2O3. The van der Waals surface area contributed by atoms with Gasteiger partial charge in [-0.2, -0.15) is 0 Å². The molecule has 0 bridgehead atoms. The number of benzene rings is 2. The lowest BCUT2D eigenvalue weighted by Gasteiger charge is -2.23. The van der Waals surface area contributed by atoms with Crippen molar-refractivity contribution in [1.82, 2.24) is 10.2 Å². The number of aryl methyl sites for hydroxylation is 1. The van der Waals surface area contributed by atoms with Crippen LogP contribution in [0, 0.1) is 0 Å². The Hall–Kier alpha value is -2.66. The first-order valence-corrected chi connectivity index (χ1v) is 8.76. The number of nitrogens with one attached hydrogen (secondary N) is 1. The Morgan fingerprint density at radius 3 is 2.38 bits per heavy atom. The Bertz CT molecular complexity index is 879. The van der Waals surface area contributed by atoms with E-state index in [0.717, 1.165) is 16.9 Å². The topological polar surface area (TPSA) is 66.5 Å². The number of carbonyl (C=O) groups excluding carboxylic acids is 3. The van der Waals surface area contributed by atoms with E-state index in [9.17, 15) is 14.4 Å². The molecule has 0 aliphatic carbocycles. The van der Waals surface area contributed by atoms with Gasteiger partial charge >= 0.3 is 6.03 Å². The summed E-state index contributed by atoms with van der Waals surface area (Å²) in [6.07, 6.45) is 0.873. The molecule has 0 radical (unpaired) electrons. The fourth-order valence-corrected chi connectivity index (χ4v) is 3.38. The summed E-state index contributed by atoms with van der Waals surface area (Å²) in [6.45, 7) is 3.31. The number of imide groups is 1. The normalized spacial score (nSPS) is 19.6. The summed E-state index contributed by atoms with van der Waals surface area (Å²) >= 11 is 6.20. The molecule has 1 saturated heterocycles. The third-order valence-corrected chi connectivity index (χ3v) is 5.00. The predicted molar refractivity (Wildman–Crippen MR) is 99.2 cm³/mol. The highest BCUT2D eigenvalue weighted by Gasteiger charge is 2.50. The van der Waals surface area contributed by atoms with E-state index in [-0.39, 0.29) is 12.3 Å². The lowest BCUT2D eigenvalue weighted by molar-refractivity contribution is -0.130. The largest absolute Gasteiger partial charge is 0.325 e. The molecule has 0 aromatic heterocycles. The molecule has 26 heavy (non-hydrogen) atoms. The maximum Gasteiger partial charge on any atom is 0.325 e. The number of ketones is 1. The van der Waals surface area contributed by atoms with E-state index in [2.05, 4.69) is 5.32 Å². The van der Waals surface area contributed by atoms with Crippen LogP contribution in [0.25, 0.3) is 0 Å². The van der Waals surface area contributed by atoms with Gasteiger partial charge in [0.2, 0.25) is 0 Å². The zero-order chi connectivity index (χ0) is 18.9. The van der Waals surface area contributed by atoms with E-state index < -0.39 is 17.5 Å². The molecule has 3 amide bonds. The zero-order valence-electron chi connectivity index (χ0n) is 14.6. The van der Waals surface area contributed by atoms with E-state index >= 15 is 0 Å². The van der Waals surface area contributed by atoms with Crippen molar-refractivity contribution in [2.45, 2.75) is 25.8 Å². The van der Waals surface area contributed by atoms with Crippen LogP contribution in [0.15, 0.2) is 48.5 Å². The van der Waals surface area contributed by atoms with Crippen LogP contribution in [0.3, 0.4) is 0 Å². The average molecular weight is 371 g/mol. The second-order valence-corrected chi connectivity index (χ2v) is 6.81. The van der Waals surface area contributed by atoms with Gasteiger partial charge in [-0.1, -0.05) is 61.0 Å². The van der Waals surface area contributed by atoms with E-state index in [1.807, 2.05) is 19.1 Å². The van der Waals surface area contributed by atoms with Crippen LogP contribution in [0.2, 0.25) is 5.02 Å². The fourth-order valence-electron chi connectivity index (χ4n) is 3.05. The van der Waals surface area contributed by atoms with Crippen LogP contribution in [0.5, 0.6) is 0 Å². The smallest absolute Gasteiger partial charge is 0.319 e. The average Bonchev–Trinajstić information content (AvgIpc) is 2.86. The number of halogens is 1. The van der Waals surface area contributed by atoms with Crippen molar-refractivity contribution < 1.29 is 14.4 Å². The van der Waals surface area contributed by atoms with Crippen LogP contribution >= 0.6 is 11.6 Å². The summed E-state index contributed by atoms with van der Waals surface area (Å²) in [6, 6.07) is 13.4. The van der Waals surface area contributed by atoms with Gasteiger partial charge in [0, 0.05) is 16.1 Å². The maximum atomic E-state index is 12.9. The molecule has 1 N–H and O–H groups in total. The summed E-state index contributed by atoms with van der Waals surface area (Å²) in [4.78, 5) is 38.7. The van der Waals surface area contributed by atoms with Crippen LogP contribution in [-0.4, -0.2) is 29.2 Å². The lowest BCUT2D eigenvalue weighted by Crippen LogP contribution is -2.41. The standard InChI is InChI=1S/C20H19ClN2O3/c1-3-13-8-10-14(11-9-13)17(24)12-23-18(25)20(2,22-19(23)26)15-6-4-5-7-16(15)21/h4-11H,3,12H2,1-2H3,(H,22,26)/t20-/m0/s1. The van der Waals surface area contributed by atoms with E-state index in [1.54, 1.807) is 43.3 Å². The minimum Gasteiger partial charge on any atom is -0.319 e. The van der Waals surface area contributed by atoms with Crippen molar-refractivity contribution in [2.24, 2.45) is 0 Å². The molecule has 5 nitrogen and oxygen atoms in total. The number of hydrogen-bond donors (Lipinski definition) is 1. The van der Waals surface area contributed by atoms with Crippen molar-refractivity contribution in [3.63, 3.8) is 0 Å². The highest BCUT2D eigenvalue weighted by molar-refractivity contribution is 6.32. The number of amides is 3. The highest BCUT2D eigenvalue weighted by atomic mass is 35.5. The minimum absolute atomic E-state index is 0.292. The lowest BCUT2D eigenvalue weighted by atomic mass is 9.92. The second-order valence-electron chi connectivity index (χ2n) is 6.40. The molecule has 0 unspecified atom stereocenters. The molecule has 2 aromatic carbocycles. The quantitative estimate of drug-likeness (QED) is 0.646. The van der Waals surface area contributed by atoms with Gasteiger partial charge in [-0.25, -0.2) is 4.79 Å². The van der Waals surface area contributed by atoms with E-state index in [4.69, 9.17) is 11.6 Å². The molecular weight excluding hydrogens is 352 g/mol. The Kier molecular flexibility index (Phi) is 4.83.